The number of ether oxygens (including phenoxy) is 1. The quantitative estimate of drug-likeness (QED) is 0.795. The number of nitrogens with one attached hydrogen (secondary N) is 1. The molecule has 1 atom stereocenters. The number of hydrogen-bond donors (Lipinski definition) is 2. The van der Waals surface area contributed by atoms with Gasteiger partial charge in [-0.2, -0.15) is 4.31 Å². The Labute approximate surface area is 128 Å². The van der Waals surface area contributed by atoms with Gasteiger partial charge < -0.3 is 15.2 Å². The van der Waals surface area contributed by atoms with Crippen molar-refractivity contribution in [3.63, 3.8) is 0 Å². The summed E-state index contributed by atoms with van der Waals surface area (Å²) in [5.74, 6) is -1.58. The molecule has 1 amide bonds. The molecule has 2 N–H and O–H groups in total. The number of likely N-dealkylation sites (N-methyl/N-ethyl adjacent to an activating group) is 1. The third kappa shape index (κ3) is 3.74. The van der Waals surface area contributed by atoms with Crippen molar-refractivity contribution in [1.29, 1.82) is 0 Å². The first kappa shape index (κ1) is 17.9. The Kier molecular flexibility index (Phi) is 5.50. The fourth-order valence-electron chi connectivity index (χ4n) is 1.68. The van der Waals surface area contributed by atoms with Gasteiger partial charge in [0.15, 0.2) is 0 Å². The number of aliphatic carboxylic acids is 1. The standard InChI is InChI=1S/C13H18N2O6S/c1-8(13(17)18)15(3)22(19,20)12-7-10(14-9(2)16)5-6-11(12)21-4/h5-8H,1-4H3,(H,14,16)(H,17,18). The summed E-state index contributed by atoms with van der Waals surface area (Å²) in [6.07, 6.45) is 0. The lowest BCUT2D eigenvalue weighted by Crippen LogP contribution is -2.40. The lowest BCUT2D eigenvalue weighted by molar-refractivity contribution is -0.140. The van der Waals surface area contributed by atoms with E-state index < -0.39 is 22.0 Å². The molecule has 1 rings (SSSR count). The highest BCUT2D eigenvalue weighted by Crippen LogP contribution is 2.30. The Hall–Kier alpha value is -2.13. The summed E-state index contributed by atoms with van der Waals surface area (Å²) >= 11 is 0. The number of hydrogen-bond acceptors (Lipinski definition) is 5. The predicted molar refractivity (Wildman–Crippen MR) is 79.3 cm³/mol. The largest absolute Gasteiger partial charge is 0.495 e. The minimum absolute atomic E-state index is 0.0542. The molecule has 0 aromatic heterocycles. The zero-order valence-electron chi connectivity index (χ0n) is 12.7. The number of methoxy groups -OCH3 is 1. The maximum absolute atomic E-state index is 12.6. The fourth-order valence-corrected chi connectivity index (χ4v) is 3.18. The van der Waals surface area contributed by atoms with E-state index in [-0.39, 0.29) is 22.2 Å². The van der Waals surface area contributed by atoms with Crippen LogP contribution in [0.3, 0.4) is 0 Å². The summed E-state index contributed by atoms with van der Waals surface area (Å²) in [6.45, 7) is 2.54. The third-order valence-corrected chi connectivity index (χ3v) is 4.99. The Bertz CT molecular complexity index is 686. The molecule has 1 unspecified atom stereocenters. The molecule has 9 heteroatoms. The first-order valence-corrected chi connectivity index (χ1v) is 7.71. The second kappa shape index (κ2) is 6.75. The van der Waals surface area contributed by atoms with Gasteiger partial charge in [-0.05, 0) is 25.1 Å². The summed E-state index contributed by atoms with van der Waals surface area (Å²) in [5.41, 5.74) is 0.267. The maximum Gasteiger partial charge on any atom is 0.321 e. The summed E-state index contributed by atoms with van der Waals surface area (Å²) in [5, 5.41) is 11.4. The minimum atomic E-state index is -4.11. The van der Waals surface area contributed by atoms with Crippen molar-refractivity contribution < 1.29 is 27.9 Å². The number of carbonyl (C=O) groups is 2. The molecule has 0 radical (unpaired) electrons. The van der Waals surface area contributed by atoms with E-state index in [0.29, 0.717) is 0 Å². The molecule has 0 saturated heterocycles. The Morgan fingerprint density at radius 3 is 2.41 bits per heavy atom. The topological polar surface area (TPSA) is 113 Å². The van der Waals surface area contributed by atoms with Gasteiger partial charge in [0.05, 0.1) is 7.11 Å². The summed E-state index contributed by atoms with van der Waals surface area (Å²) in [6, 6.07) is 2.84. The second-order valence-electron chi connectivity index (χ2n) is 4.58. The highest BCUT2D eigenvalue weighted by molar-refractivity contribution is 7.89. The van der Waals surface area contributed by atoms with Crippen LogP contribution >= 0.6 is 0 Å². The van der Waals surface area contributed by atoms with Gasteiger partial charge in [0, 0.05) is 19.7 Å². The number of carbonyl (C=O) groups excluding carboxylic acids is 1. The first-order chi connectivity index (χ1) is 10.1. The van der Waals surface area contributed by atoms with Crippen molar-refractivity contribution in [2.45, 2.75) is 24.8 Å². The number of carboxylic acid groups (broad SMARTS) is 1. The highest BCUT2D eigenvalue weighted by Gasteiger charge is 2.32. The Morgan fingerprint density at radius 1 is 1.36 bits per heavy atom. The lowest BCUT2D eigenvalue weighted by Gasteiger charge is -2.22. The SMILES string of the molecule is COc1ccc(NC(C)=O)cc1S(=O)(=O)N(C)C(C)C(=O)O. The zero-order chi connectivity index (χ0) is 17.1. The fraction of sp³-hybridized carbons (Fsp3) is 0.385. The molecule has 1 aromatic rings. The van der Waals surface area contributed by atoms with Crippen LogP contribution in [0.5, 0.6) is 5.75 Å². The third-order valence-electron chi connectivity index (χ3n) is 3.04. The van der Waals surface area contributed by atoms with Gasteiger partial charge in [0.1, 0.15) is 16.7 Å². The van der Waals surface area contributed by atoms with Gasteiger partial charge >= 0.3 is 5.97 Å². The van der Waals surface area contributed by atoms with E-state index in [1.807, 2.05) is 0 Å². The van der Waals surface area contributed by atoms with E-state index in [4.69, 9.17) is 9.84 Å². The van der Waals surface area contributed by atoms with Crippen molar-refractivity contribution in [3.8, 4) is 5.75 Å². The number of sulfonamides is 1. The van der Waals surface area contributed by atoms with Crippen LogP contribution in [0.4, 0.5) is 5.69 Å². The molecule has 0 saturated carbocycles. The van der Waals surface area contributed by atoms with Crippen LogP contribution in [-0.4, -0.2) is 49.9 Å². The van der Waals surface area contributed by atoms with Gasteiger partial charge in [-0.1, -0.05) is 0 Å². The summed E-state index contributed by atoms with van der Waals surface area (Å²) in [4.78, 5) is 21.8. The van der Waals surface area contributed by atoms with Crippen molar-refractivity contribution in [2.24, 2.45) is 0 Å². The van der Waals surface area contributed by atoms with Crippen LogP contribution < -0.4 is 10.1 Å². The van der Waals surface area contributed by atoms with Gasteiger partial charge in [-0.15, -0.1) is 0 Å². The van der Waals surface area contributed by atoms with Gasteiger partial charge in [0.2, 0.25) is 15.9 Å². The van der Waals surface area contributed by atoms with Crippen molar-refractivity contribution in [2.75, 3.05) is 19.5 Å². The van der Waals surface area contributed by atoms with Gasteiger partial charge in [0.25, 0.3) is 0 Å². The second-order valence-corrected chi connectivity index (χ2v) is 6.55. The smallest absolute Gasteiger partial charge is 0.321 e. The first-order valence-electron chi connectivity index (χ1n) is 6.27. The average Bonchev–Trinajstić information content (AvgIpc) is 2.44. The maximum atomic E-state index is 12.6. The van der Waals surface area contributed by atoms with Crippen molar-refractivity contribution >= 4 is 27.6 Å². The zero-order valence-corrected chi connectivity index (χ0v) is 13.5. The molecule has 0 aliphatic carbocycles. The number of anilines is 1. The predicted octanol–water partition coefficient (Wildman–Crippen LogP) is 0.747. The van der Waals surface area contributed by atoms with Crippen LogP contribution in [0.15, 0.2) is 23.1 Å². The Morgan fingerprint density at radius 2 is 1.95 bits per heavy atom. The van der Waals surface area contributed by atoms with E-state index >= 15 is 0 Å². The van der Waals surface area contributed by atoms with Crippen LogP contribution in [0.25, 0.3) is 0 Å². The number of rotatable bonds is 6. The molecule has 0 aliphatic heterocycles. The summed E-state index contributed by atoms with van der Waals surface area (Å²) < 4.78 is 30.9. The summed E-state index contributed by atoms with van der Waals surface area (Å²) in [7, 11) is -1.64. The Balaban J connectivity index is 3.38. The normalized spacial score (nSPS) is 12.8. The van der Waals surface area contributed by atoms with Gasteiger partial charge in [-0.3, -0.25) is 9.59 Å². The van der Waals surface area contributed by atoms with Crippen molar-refractivity contribution in [3.05, 3.63) is 18.2 Å². The number of amides is 1. The van der Waals surface area contributed by atoms with Crippen LogP contribution in [-0.2, 0) is 19.6 Å². The monoisotopic (exact) mass is 330 g/mol. The molecule has 122 valence electrons. The molecule has 0 heterocycles. The minimum Gasteiger partial charge on any atom is -0.495 e. The van der Waals surface area contributed by atoms with Gasteiger partial charge in [-0.25, -0.2) is 8.42 Å². The molecular weight excluding hydrogens is 312 g/mol. The van der Waals surface area contributed by atoms with Crippen molar-refractivity contribution in [1.82, 2.24) is 4.31 Å². The van der Waals surface area contributed by atoms with Crippen LogP contribution in [0.1, 0.15) is 13.8 Å². The molecule has 0 bridgehead atoms. The molecule has 0 spiro atoms. The molecule has 22 heavy (non-hydrogen) atoms. The van der Waals surface area contributed by atoms with E-state index in [2.05, 4.69) is 5.32 Å². The van der Waals surface area contributed by atoms with Crippen LogP contribution in [0.2, 0.25) is 0 Å². The average molecular weight is 330 g/mol. The number of benzene rings is 1. The van der Waals surface area contributed by atoms with E-state index in [1.165, 1.54) is 46.2 Å². The van der Waals surface area contributed by atoms with E-state index in [9.17, 15) is 18.0 Å². The van der Waals surface area contributed by atoms with E-state index in [1.54, 1.807) is 0 Å². The molecule has 8 nitrogen and oxygen atoms in total. The molecule has 0 aliphatic rings. The molecule has 1 aromatic carbocycles. The van der Waals surface area contributed by atoms with E-state index in [0.717, 1.165) is 4.31 Å². The molecule has 0 fully saturated rings. The van der Waals surface area contributed by atoms with Crippen LogP contribution in [0, 0.1) is 0 Å². The lowest BCUT2D eigenvalue weighted by atomic mass is 10.3. The highest BCUT2D eigenvalue weighted by atomic mass is 32.2. The number of nitrogens with zero attached hydrogens (tertiary/aromatic N) is 1. The number of carboxylic acids is 1. The molecular formula is C13H18N2O6S.